The Hall–Kier alpha value is -2.97. The minimum Gasteiger partial charge on any atom is -0.319 e. The highest BCUT2D eigenvalue weighted by molar-refractivity contribution is 7.12. The van der Waals surface area contributed by atoms with E-state index < -0.39 is 17.5 Å². The van der Waals surface area contributed by atoms with E-state index in [4.69, 9.17) is 11.6 Å². The summed E-state index contributed by atoms with van der Waals surface area (Å²) in [6.45, 7) is 4.97. The normalized spacial score (nSPS) is 18.7. The fraction of sp³-hybridized carbons (Fsp3) is 0.238. The summed E-state index contributed by atoms with van der Waals surface area (Å²) in [4.78, 5) is 43.9. The number of hydrogen-bond acceptors (Lipinski definition) is 5. The van der Waals surface area contributed by atoms with Crippen molar-refractivity contribution in [1.82, 2.24) is 19.8 Å². The highest BCUT2D eigenvalue weighted by atomic mass is 35.5. The molecule has 30 heavy (non-hydrogen) atoms. The Morgan fingerprint density at radius 1 is 1.27 bits per heavy atom. The largest absolute Gasteiger partial charge is 0.325 e. The first kappa shape index (κ1) is 20.3. The number of thiazole rings is 1. The Balaban J connectivity index is 1.61. The summed E-state index contributed by atoms with van der Waals surface area (Å²) < 4.78 is 1.89. The lowest BCUT2D eigenvalue weighted by Gasteiger charge is -2.22. The molecular weight excluding hydrogens is 424 g/mol. The third kappa shape index (κ3) is 3.22. The SMILES string of the molecule is Cc1cc(C(=O)CN2C(=O)NC(C)(c3cccc(Cl)c3)C2=O)c(C)n1-c1nccs1. The first-order chi connectivity index (χ1) is 14.2. The number of Topliss-reactive ketones (excluding diaryl/α,β-unsaturated/α-hetero) is 1. The lowest BCUT2D eigenvalue weighted by atomic mass is 9.92. The number of halogens is 1. The van der Waals surface area contributed by atoms with Crippen LogP contribution < -0.4 is 5.32 Å². The van der Waals surface area contributed by atoms with Crippen molar-refractivity contribution >= 4 is 40.7 Å². The van der Waals surface area contributed by atoms with Gasteiger partial charge in [-0.15, -0.1) is 11.3 Å². The Morgan fingerprint density at radius 3 is 2.70 bits per heavy atom. The molecule has 4 rings (SSSR count). The van der Waals surface area contributed by atoms with Gasteiger partial charge in [0.1, 0.15) is 5.54 Å². The molecule has 1 aromatic carbocycles. The number of aromatic nitrogens is 2. The molecule has 1 atom stereocenters. The van der Waals surface area contributed by atoms with E-state index in [9.17, 15) is 14.4 Å². The minimum absolute atomic E-state index is 0.315. The van der Waals surface area contributed by atoms with Crippen molar-refractivity contribution in [3.8, 4) is 5.13 Å². The van der Waals surface area contributed by atoms with Gasteiger partial charge in [-0.2, -0.15) is 0 Å². The van der Waals surface area contributed by atoms with E-state index in [0.29, 0.717) is 16.1 Å². The average molecular weight is 443 g/mol. The topological polar surface area (TPSA) is 84.3 Å². The average Bonchev–Trinajstić information content (AvgIpc) is 3.37. The molecule has 1 fully saturated rings. The van der Waals surface area contributed by atoms with E-state index in [1.807, 2.05) is 23.8 Å². The van der Waals surface area contributed by atoms with Crippen LogP contribution in [0.25, 0.3) is 5.13 Å². The van der Waals surface area contributed by atoms with Gasteiger partial charge in [0.2, 0.25) is 0 Å². The maximum absolute atomic E-state index is 13.1. The predicted molar refractivity (Wildman–Crippen MR) is 114 cm³/mol. The van der Waals surface area contributed by atoms with Crippen LogP contribution in [0.2, 0.25) is 5.02 Å². The molecule has 2 aromatic heterocycles. The minimum atomic E-state index is -1.28. The summed E-state index contributed by atoms with van der Waals surface area (Å²) in [5.41, 5.74) is 1.31. The summed E-state index contributed by atoms with van der Waals surface area (Å²) >= 11 is 7.51. The van der Waals surface area contributed by atoms with Crippen molar-refractivity contribution < 1.29 is 14.4 Å². The Morgan fingerprint density at radius 2 is 2.03 bits per heavy atom. The summed E-state index contributed by atoms with van der Waals surface area (Å²) in [6.07, 6.45) is 1.70. The van der Waals surface area contributed by atoms with Gasteiger partial charge in [-0.25, -0.2) is 9.78 Å². The molecule has 1 aliphatic heterocycles. The molecule has 1 saturated heterocycles. The number of aryl methyl sites for hydroxylation is 1. The zero-order chi connectivity index (χ0) is 21.6. The Bertz CT molecular complexity index is 1170. The fourth-order valence-corrected chi connectivity index (χ4v) is 4.67. The second kappa shape index (κ2) is 7.37. The predicted octanol–water partition coefficient (Wildman–Crippen LogP) is 3.85. The molecule has 3 amide bonds. The van der Waals surface area contributed by atoms with Crippen LogP contribution in [-0.4, -0.2) is 38.7 Å². The molecular formula is C21H19ClN4O3S. The van der Waals surface area contributed by atoms with Gasteiger partial charge in [-0.3, -0.25) is 19.1 Å². The molecule has 1 unspecified atom stereocenters. The van der Waals surface area contributed by atoms with Gasteiger partial charge >= 0.3 is 6.03 Å². The zero-order valence-electron chi connectivity index (χ0n) is 16.6. The molecule has 154 valence electrons. The van der Waals surface area contributed by atoms with Gasteiger partial charge in [0.05, 0.1) is 6.54 Å². The number of imide groups is 1. The smallest absolute Gasteiger partial charge is 0.319 e. The lowest BCUT2D eigenvalue weighted by Crippen LogP contribution is -2.41. The van der Waals surface area contributed by atoms with Crippen LogP contribution in [0.5, 0.6) is 0 Å². The third-order valence-corrected chi connectivity index (χ3v) is 6.31. The number of ketones is 1. The van der Waals surface area contributed by atoms with Crippen molar-refractivity contribution in [3.05, 3.63) is 69.4 Å². The molecule has 0 spiro atoms. The van der Waals surface area contributed by atoms with Gasteiger partial charge in [0.15, 0.2) is 10.9 Å². The maximum Gasteiger partial charge on any atom is 0.325 e. The maximum atomic E-state index is 13.1. The van der Waals surface area contributed by atoms with E-state index in [1.54, 1.807) is 43.5 Å². The molecule has 0 bridgehead atoms. The van der Waals surface area contributed by atoms with Crippen molar-refractivity contribution in [2.75, 3.05) is 6.54 Å². The molecule has 1 aliphatic rings. The van der Waals surface area contributed by atoms with Crippen molar-refractivity contribution in [3.63, 3.8) is 0 Å². The lowest BCUT2D eigenvalue weighted by molar-refractivity contribution is -0.130. The molecule has 1 N–H and O–H groups in total. The summed E-state index contributed by atoms with van der Waals surface area (Å²) in [6, 6.07) is 7.90. The molecule has 0 radical (unpaired) electrons. The molecule has 9 heteroatoms. The van der Waals surface area contributed by atoms with E-state index in [2.05, 4.69) is 10.3 Å². The fourth-order valence-electron chi connectivity index (χ4n) is 3.73. The zero-order valence-corrected chi connectivity index (χ0v) is 18.2. The van der Waals surface area contributed by atoms with Crippen LogP contribution in [0.15, 0.2) is 41.9 Å². The van der Waals surface area contributed by atoms with Gasteiger partial charge in [0, 0.05) is 33.6 Å². The standard InChI is InChI=1S/C21H19ClN4O3S/c1-12-9-16(13(2)26(12)20-23-7-8-30-20)17(27)11-25-18(28)21(3,24-19(25)29)14-5-4-6-15(22)10-14/h4-10H,11H2,1-3H3,(H,24,29). The number of hydrogen-bond donors (Lipinski definition) is 1. The monoisotopic (exact) mass is 442 g/mol. The molecule has 3 aromatic rings. The summed E-state index contributed by atoms with van der Waals surface area (Å²) in [5.74, 6) is -0.804. The summed E-state index contributed by atoms with van der Waals surface area (Å²) in [5, 5.41) is 5.77. The first-order valence-electron chi connectivity index (χ1n) is 9.24. The molecule has 0 aliphatic carbocycles. The van der Waals surface area contributed by atoms with Crippen LogP contribution in [0.1, 0.15) is 34.2 Å². The van der Waals surface area contributed by atoms with Crippen LogP contribution in [0.4, 0.5) is 4.79 Å². The number of carbonyl (C=O) groups excluding carboxylic acids is 3. The molecule has 7 nitrogen and oxygen atoms in total. The number of nitrogens with one attached hydrogen (secondary N) is 1. The molecule has 3 heterocycles. The number of urea groups is 1. The van der Waals surface area contributed by atoms with E-state index in [-0.39, 0.29) is 12.3 Å². The van der Waals surface area contributed by atoms with E-state index in [1.165, 1.54) is 11.3 Å². The van der Waals surface area contributed by atoms with Crippen LogP contribution >= 0.6 is 22.9 Å². The van der Waals surface area contributed by atoms with Gasteiger partial charge < -0.3 is 5.32 Å². The number of nitrogens with zero attached hydrogens (tertiary/aromatic N) is 3. The molecule has 0 saturated carbocycles. The van der Waals surface area contributed by atoms with E-state index in [0.717, 1.165) is 21.4 Å². The number of amides is 3. The van der Waals surface area contributed by atoms with Crippen molar-refractivity contribution in [1.29, 1.82) is 0 Å². The highest BCUT2D eigenvalue weighted by Crippen LogP contribution is 2.31. The van der Waals surface area contributed by atoms with Crippen LogP contribution in [0.3, 0.4) is 0 Å². The van der Waals surface area contributed by atoms with Crippen LogP contribution in [0, 0.1) is 13.8 Å². The van der Waals surface area contributed by atoms with Crippen molar-refractivity contribution in [2.45, 2.75) is 26.3 Å². The Kier molecular flexibility index (Phi) is 4.99. The first-order valence-corrected chi connectivity index (χ1v) is 10.5. The van der Waals surface area contributed by atoms with Crippen molar-refractivity contribution in [2.24, 2.45) is 0 Å². The second-order valence-electron chi connectivity index (χ2n) is 7.31. The number of carbonyl (C=O) groups is 3. The number of benzene rings is 1. The van der Waals surface area contributed by atoms with Gasteiger partial charge in [-0.1, -0.05) is 23.7 Å². The van der Waals surface area contributed by atoms with Gasteiger partial charge in [0.25, 0.3) is 5.91 Å². The van der Waals surface area contributed by atoms with Gasteiger partial charge in [-0.05, 0) is 44.5 Å². The second-order valence-corrected chi connectivity index (χ2v) is 8.62. The quantitative estimate of drug-likeness (QED) is 0.480. The van der Waals surface area contributed by atoms with E-state index >= 15 is 0 Å². The Labute approximate surface area is 182 Å². The third-order valence-electron chi connectivity index (χ3n) is 5.32. The van der Waals surface area contributed by atoms with Crippen LogP contribution in [-0.2, 0) is 10.3 Å². The summed E-state index contributed by atoms with van der Waals surface area (Å²) in [7, 11) is 0. The highest BCUT2D eigenvalue weighted by Gasteiger charge is 2.49. The number of rotatable bonds is 5.